The highest BCUT2D eigenvalue weighted by Crippen LogP contribution is 2.43. The summed E-state index contributed by atoms with van der Waals surface area (Å²) >= 11 is 0. The quantitative estimate of drug-likeness (QED) is 0.411. The van der Waals surface area contributed by atoms with Crippen LogP contribution in [-0.4, -0.2) is 30.3 Å². The van der Waals surface area contributed by atoms with E-state index in [1.807, 2.05) is 0 Å². The summed E-state index contributed by atoms with van der Waals surface area (Å²) in [6, 6.07) is 1.67. The van der Waals surface area contributed by atoms with Gasteiger partial charge in [0, 0.05) is 31.9 Å². The Labute approximate surface area is 154 Å². The molecule has 0 N–H and O–H groups in total. The van der Waals surface area contributed by atoms with Crippen LogP contribution in [0.2, 0.25) is 0 Å². The highest BCUT2D eigenvalue weighted by molar-refractivity contribution is 5.70. The molecule has 0 bridgehead atoms. The Morgan fingerprint density at radius 1 is 0.786 bits per heavy atom. The minimum atomic E-state index is -5.24. The van der Waals surface area contributed by atoms with E-state index in [1.165, 1.54) is 0 Å². The summed E-state index contributed by atoms with van der Waals surface area (Å²) < 4.78 is 92.5. The molecule has 156 valence electrons. The minimum absolute atomic E-state index is 0.348. The lowest BCUT2D eigenvalue weighted by Gasteiger charge is -2.25. The van der Waals surface area contributed by atoms with Gasteiger partial charge in [-0.15, -0.1) is 0 Å². The molecule has 2 unspecified atom stereocenters. The third-order valence-corrected chi connectivity index (χ3v) is 3.03. The SMILES string of the molecule is CC(=O)Oc1ccc(C(OC(C)=O)C(F)(F)F)cc1C(OC(C)=O)C(F)(F)F. The lowest BCUT2D eigenvalue weighted by Crippen LogP contribution is -2.28. The fourth-order valence-corrected chi connectivity index (χ4v) is 2.15. The Balaban J connectivity index is 3.64. The third kappa shape index (κ3) is 6.43. The van der Waals surface area contributed by atoms with Gasteiger partial charge < -0.3 is 14.2 Å². The van der Waals surface area contributed by atoms with Crippen LogP contribution >= 0.6 is 0 Å². The molecule has 0 aliphatic rings. The van der Waals surface area contributed by atoms with Crippen LogP contribution in [-0.2, 0) is 23.9 Å². The second kappa shape index (κ2) is 8.48. The molecule has 12 heteroatoms. The number of benzene rings is 1. The summed E-state index contributed by atoms with van der Waals surface area (Å²) in [6.07, 6.45) is -16.3. The van der Waals surface area contributed by atoms with Crippen LogP contribution in [0.5, 0.6) is 5.75 Å². The number of hydrogen-bond donors (Lipinski definition) is 0. The summed E-state index contributed by atoms with van der Waals surface area (Å²) in [4.78, 5) is 33.1. The van der Waals surface area contributed by atoms with Crippen LogP contribution < -0.4 is 4.74 Å². The number of halogens is 6. The van der Waals surface area contributed by atoms with Gasteiger partial charge in [0.15, 0.2) is 0 Å². The van der Waals surface area contributed by atoms with Gasteiger partial charge in [-0.3, -0.25) is 14.4 Å². The Morgan fingerprint density at radius 2 is 1.25 bits per heavy atom. The van der Waals surface area contributed by atoms with Crippen LogP contribution in [0.1, 0.15) is 44.1 Å². The molecule has 0 aliphatic heterocycles. The topological polar surface area (TPSA) is 78.9 Å². The monoisotopic (exact) mass is 416 g/mol. The average Bonchev–Trinajstić information content (AvgIpc) is 2.48. The van der Waals surface area contributed by atoms with Gasteiger partial charge in [0.2, 0.25) is 12.2 Å². The average molecular weight is 416 g/mol. The molecule has 0 amide bonds. The molecule has 2 atom stereocenters. The largest absolute Gasteiger partial charge is 0.448 e. The zero-order valence-electron chi connectivity index (χ0n) is 14.6. The van der Waals surface area contributed by atoms with Crippen molar-refractivity contribution in [3.05, 3.63) is 29.3 Å². The van der Waals surface area contributed by atoms with Gasteiger partial charge in [0.05, 0.1) is 0 Å². The van der Waals surface area contributed by atoms with Crippen molar-refractivity contribution in [2.45, 2.75) is 45.3 Å². The Hall–Kier alpha value is -2.79. The van der Waals surface area contributed by atoms with E-state index in [1.54, 1.807) is 0 Å². The highest BCUT2D eigenvalue weighted by Gasteiger charge is 2.48. The van der Waals surface area contributed by atoms with E-state index < -0.39 is 59.3 Å². The zero-order chi connectivity index (χ0) is 21.9. The van der Waals surface area contributed by atoms with Crippen LogP contribution in [0.25, 0.3) is 0 Å². The summed E-state index contributed by atoms with van der Waals surface area (Å²) in [6.45, 7) is 2.19. The van der Waals surface area contributed by atoms with Crippen LogP contribution in [0.4, 0.5) is 26.3 Å². The predicted molar refractivity (Wildman–Crippen MR) is 78.9 cm³/mol. The fourth-order valence-electron chi connectivity index (χ4n) is 2.15. The van der Waals surface area contributed by atoms with E-state index in [2.05, 4.69) is 14.2 Å². The van der Waals surface area contributed by atoms with E-state index in [-0.39, 0.29) is 0 Å². The van der Waals surface area contributed by atoms with Crippen LogP contribution in [0, 0.1) is 0 Å². The second-order valence-electron chi connectivity index (χ2n) is 5.45. The molecule has 0 saturated heterocycles. The number of alkyl halides is 6. The standard InChI is InChI=1S/C16H14F6O6/c1-7(23)26-12-5-4-10(13(15(17,18)19)27-8(2)24)6-11(12)14(16(20,21)22)28-9(3)25/h4-6,13-14H,1-3H3. The first-order valence-electron chi connectivity index (χ1n) is 7.43. The zero-order valence-corrected chi connectivity index (χ0v) is 14.6. The molecule has 0 aliphatic carbocycles. The lowest BCUT2D eigenvalue weighted by molar-refractivity contribution is -0.225. The first-order valence-corrected chi connectivity index (χ1v) is 7.43. The number of hydrogen-bond acceptors (Lipinski definition) is 6. The van der Waals surface area contributed by atoms with Crippen molar-refractivity contribution in [2.24, 2.45) is 0 Å². The van der Waals surface area contributed by atoms with E-state index in [0.29, 0.717) is 32.0 Å². The Morgan fingerprint density at radius 3 is 1.64 bits per heavy atom. The third-order valence-electron chi connectivity index (χ3n) is 3.03. The van der Waals surface area contributed by atoms with Crippen molar-refractivity contribution in [3.8, 4) is 5.75 Å². The molecule has 0 aromatic heterocycles. The van der Waals surface area contributed by atoms with Gasteiger partial charge in [-0.05, 0) is 12.1 Å². The normalized spacial score (nSPS) is 14.0. The van der Waals surface area contributed by atoms with Gasteiger partial charge in [-0.1, -0.05) is 6.07 Å². The minimum Gasteiger partial charge on any atom is -0.448 e. The smallest absolute Gasteiger partial charge is 0.429 e. The van der Waals surface area contributed by atoms with Gasteiger partial charge in [-0.2, -0.15) is 26.3 Å². The molecule has 0 fully saturated rings. The van der Waals surface area contributed by atoms with E-state index in [4.69, 9.17) is 0 Å². The first-order chi connectivity index (χ1) is 12.6. The van der Waals surface area contributed by atoms with Gasteiger partial charge in [0.1, 0.15) is 5.75 Å². The maximum absolute atomic E-state index is 13.3. The van der Waals surface area contributed by atoms with Gasteiger partial charge in [0.25, 0.3) is 0 Å². The molecule has 0 heterocycles. The van der Waals surface area contributed by atoms with Crippen molar-refractivity contribution in [1.82, 2.24) is 0 Å². The number of esters is 3. The van der Waals surface area contributed by atoms with Crippen molar-refractivity contribution in [1.29, 1.82) is 0 Å². The molecule has 1 aromatic carbocycles. The van der Waals surface area contributed by atoms with Crippen molar-refractivity contribution in [3.63, 3.8) is 0 Å². The molecule has 28 heavy (non-hydrogen) atoms. The molecule has 0 spiro atoms. The molecular formula is C16H14F6O6. The summed E-state index contributed by atoms with van der Waals surface area (Å²) in [5.74, 6) is -4.55. The summed E-state index contributed by atoms with van der Waals surface area (Å²) in [5.41, 5.74) is -1.97. The molecule has 0 radical (unpaired) electrons. The number of ether oxygens (including phenoxy) is 3. The number of carbonyl (C=O) groups is 3. The molecule has 6 nitrogen and oxygen atoms in total. The maximum atomic E-state index is 13.3. The van der Waals surface area contributed by atoms with Gasteiger partial charge in [-0.25, -0.2) is 0 Å². The molecule has 1 aromatic rings. The second-order valence-corrected chi connectivity index (χ2v) is 5.45. The van der Waals surface area contributed by atoms with Crippen molar-refractivity contribution >= 4 is 17.9 Å². The van der Waals surface area contributed by atoms with Crippen LogP contribution in [0.3, 0.4) is 0 Å². The lowest BCUT2D eigenvalue weighted by atomic mass is 10.0. The van der Waals surface area contributed by atoms with Crippen molar-refractivity contribution in [2.75, 3.05) is 0 Å². The van der Waals surface area contributed by atoms with E-state index >= 15 is 0 Å². The van der Waals surface area contributed by atoms with E-state index in [0.717, 1.165) is 6.92 Å². The fraction of sp³-hybridized carbons (Fsp3) is 0.438. The Bertz CT molecular complexity index is 755. The summed E-state index contributed by atoms with van der Waals surface area (Å²) in [5, 5.41) is 0. The molecule has 0 saturated carbocycles. The highest BCUT2D eigenvalue weighted by atomic mass is 19.4. The maximum Gasteiger partial charge on any atom is 0.429 e. The first kappa shape index (κ1) is 23.2. The molecular weight excluding hydrogens is 402 g/mol. The molecule has 1 rings (SSSR count). The van der Waals surface area contributed by atoms with E-state index in [9.17, 15) is 40.7 Å². The van der Waals surface area contributed by atoms with Crippen LogP contribution in [0.15, 0.2) is 18.2 Å². The van der Waals surface area contributed by atoms with Gasteiger partial charge >= 0.3 is 30.3 Å². The summed E-state index contributed by atoms with van der Waals surface area (Å²) in [7, 11) is 0. The Kier molecular flexibility index (Phi) is 7.04. The predicted octanol–water partition coefficient (Wildman–Crippen LogP) is 3.94. The number of rotatable bonds is 5. The number of carbonyl (C=O) groups excluding carboxylic acids is 3. The van der Waals surface area contributed by atoms with Crippen molar-refractivity contribution < 1.29 is 54.9 Å².